The van der Waals surface area contributed by atoms with Crippen LogP contribution in [0.2, 0.25) is 5.02 Å². The van der Waals surface area contributed by atoms with E-state index < -0.39 is 22.5 Å². The molecule has 1 aliphatic rings. The molecule has 1 fully saturated rings. The second-order valence-corrected chi connectivity index (χ2v) is 9.24. The molecule has 0 saturated carbocycles. The van der Waals surface area contributed by atoms with Crippen LogP contribution in [0.3, 0.4) is 0 Å². The minimum Gasteiger partial charge on any atom is -0.376 e. The van der Waals surface area contributed by atoms with Crippen molar-refractivity contribution in [3.8, 4) is 0 Å². The number of amides is 2. The molecule has 166 valence electrons. The molecule has 1 heterocycles. The van der Waals surface area contributed by atoms with Crippen LogP contribution in [0.1, 0.15) is 12.8 Å². The van der Waals surface area contributed by atoms with Crippen molar-refractivity contribution in [2.45, 2.75) is 23.8 Å². The summed E-state index contributed by atoms with van der Waals surface area (Å²) >= 11 is 5.79. The van der Waals surface area contributed by atoms with Crippen LogP contribution in [0.4, 0.5) is 5.69 Å². The summed E-state index contributed by atoms with van der Waals surface area (Å²) in [5, 5.41) is 3.18. The van der Waals surface area contributed by atoms with Crippen LogP contribution in [0.25, 0.3) is 0 Å². The molecular weight excluding hydrogens is 442 g/mol. The molecule has 0 spiro atoms. The van der Waals surface area contributed by atoms with Gasteiger partial charge in [0.15, 0.2) is 0 Å². The van der Waals surface area contributed by atoms with Crippen LogP contribution in [0.15, 0.2) is 59.5 Å². The van der Waals surface area contributed by atoms with E-state index in [1.807, 2.05) is 0 Å². The average molecular weight is 466 g/mol. The molecule has 3 rings (SSSR count). The van der Waals surface area contributed by atoms with Gasteiger partial charge in [0.05, 0.1) is 17.5 Å². The summed E-state index contributed by atoms with van der Waals surface area (Å²) in [6.07, 6.45) is 1.83. The smallest absolute Gasteiger partial charge is 0.242 e. The third-order valence-electron chi connectivity index (χ3n) is 4.76. The van der Waals surface area contributed by atoms with Gasteiger partial charge in [0.1, 0.15) is 6.54 Å². The Labute approximate surface area is 186 Å². The van der Waals surface area contributed by atoms with E-state index in [1.54, 1.807) is 30.3 Å². The van der Waals surface area contributed by atoms with Crippen molar-refractivity contribution >= 4 is 39.1 Å². The van der Waals surface area contributed by atoms with Crippen molar-refractivity contribution in [1.82, 2.24) is 10.0 Å². The number of carbonyl (C=O) groups is 2. The van der Waals surface area contributed by atoms with E-state index >= 15 is 0 Å². The van der Waals surface area contributed by atoms with Gasteiger partial charge in [0.25, 0.3) is 0 Å². The maximum atomic E-state index is 12.8. The fraction of sp³-hybridized carbons (Fsp3) is 0.333. The Kier molecular flexibility index (Phi) is 8.03. The SMILES string of the molecule is O=C(CN(C(=O)CNS(=O)(=O)c1ccc(Cl)cc1)c1ccccc1)NCC1CCCO1. The number of nitrogens with zero attached hydrogens (tertiary/aromatic N) is 1. The van der Waals surface area contributed by atoms with Crippen molar-refractivity contribution in [2.24, 2.45) is 0 Å². The van der Waals surface area contributed by atoms with E-state index in [1.165, 1.54) is 29.2 Å². The molecule has 1 unspecified atom stereocenters. The van der Waals surface area contributed by atoms with Gasteiger partial charge in [-0.15, -0.1) is 0 Å². The Morgan fingerprint density at radius 3 is 2.45 bits per heavy atom. The standard InChI is InChI=1S/C21H24ClN3O5S/c22-16-8-10-19(11-9-16)31(28,29)24-14-21(27)25(17-5-2-1-3-6-17)15-20(26)23-13-18-7-4-12-30-18/h1-3,5-6,8-11,18,24H,4,7,12-15H2,(H,23,26). The van der Waals surface area contributed by atoms with E-state index in [0.717, 1.165) is 12.8 Å². The van der Waals surface area contributed by atoms with E-state index in [4.69, 9.17) is 16.3 Å². The molecule has 2 aromatic rings. The zero-order valence-corrected chi connectivity index (χ0v) is 18.4. The van der Waals surface area contributed by atoms with Crippen LogP contribution in [-0.4, -0.2) is 52.6 Å². The van der Waals surface area contributed by atoms with Crippen molar-refractivity contribution < 1.29 is 22.7 Å². The van der Waals surface area contributed by atoms with E-state index in [0.29, 0.717) is 23.9 Å². The summed E-state index contributed by atoms with van der Waals surface area (Å²) < 4.78 is 32.7. The molecule has 10 heteroatoms. The highest BCUT2D eigenvalue weighted by molar-refractivity contribution is 7.89. The number of halogens is 1. The van der Waals surface area contributed by atoms with E-state index in [9.17, 15) is 18.0 Å². The maximum absolute atomic E-state index is 12.8. The van der Waals surface area contributed by atoms with Gasteiger partial charge in [0.2, 0.25) is 21.8 Å². The quantitative estimate of drug-likeness (QED) is 0.589. The van der Waals surface area contributed by atoms with Crippen LogP contribution >= 0.6 is 11.6 Å². The summed E-state index contributed by atoms with van der Waals surface area (Å²) in [6, 6.07) is 14.2. The molecule has 1 aliphatic heterocycles. The highest BCUT2D eigenvalue weighted by Gasteiger charge is 2.23. The lowest BCUT2D eigenvalue weighted by Gasteiger charge is -2.23. The number of sulfonamides is 1. The summed E-state index contributed by atoms with van der Waals surface area (Å²) in [7, 11) is -3.91. The third-order valence-corrected chi connectivity index (χ3v) is 6.43. The number of nitrogens with one attached hydrogen (secondary N) is 2. The number of carbonyl (C=O) groups excluding carboxylic acids is 2. The van der Waals surface area contributed by atoms with Gasteiger partial charge in [-0.25, -0.2) is 13.1 Å². The highest BCUT2D eigenvalue weighted by atomic mass is 35.5. The lowest BCUT2D eigenvalue weighted by molar-refractivity contribution is -0.123. The van der Waals surface area contributed by atoms with Crippen LogP contribution in [0, 0.1) is 0 Å². The van der Waals surface area contributed by atoms with Crippen molar-refractivity contribution in [2.75, 3.05) is 31.1 Å². The Balaban J connectivity index is 1.64. The minimum absolute atomic E-state index is 0.00901. The first-order valence-electron chi connectivity index (χ1n) is 9.84. The van der Waals surface area contributed by atoms with Crippen LogP contribution < -0.4 is 14.9 Å². The molecule has 0 bridgehead atoms. The average Bonchev–Trinajstić information content (AvgIpc) is 3.29. The number of anilines is 1. The topological polar surface area (TPSA) is 105 Å². The van der Waals surface area contributed by atoms with E-state index in [2.05, 4.69) is 10.0 Å². The Hall–Kier alpha value is -2.46. The van der Waals surface area contributed by atoms with Crippen LogP contribution in [0.5, 0.6) is 0 Å². The Morgan fingerprint density at radius 2 is 1.81 bits per heavy atom. The van der Waals surface area contributed by atoms with Gasteiger partial charge >= 0.3 is 0 Å². The predicted molar refractivity (Wildman–Crippen MR) is 117 cm³/mol. The van der Waals surface area contributed by atoms with Gasteiger partial charge in [0, 0.05) is 23.9 Å². The van der Waals surface area contributed by atoms with Crippen molar-refractivity contribution in [3.63, 3.8) is 0 Å². The summed E-state index contributed by atoms with van der Waals surface area (Å²) in [6.45, 7) is 0.318. The molecule has 31 heavy (non-hydrogen) atoms. The third kappa shape index (κ3) is 6.76. The lowest BCUT2D eigenvalue weighted by Crippen LogP contribution is -2.46. The first-order valence-corrected chi connectivity index (χ1v) is 11.7. The van der Waals surface area contributed by atoms with Crippen molar-refractivity contribution in [1.29, 1.82) is 0 Å². The van der Waals surface area contributed by atoms with Crippen molar-refractivity contribution in [3.05, 3.63) is 59.6 Å². The Morgan fingerprint density at radius 1 is 1.10 bits per heavy atom. The predicted octanol–water partition coefficient (Wildman–Crippen LogP) is 1.95. The maximum Gasteiger partial charge on any atom is 0.242 e. The van der Waals surface area contributed by atoms with Gasteiger partial charge in [-0.3, -0.25) is 9.59 Å². The molecule has 0 aromatic heterocycles. The molecular formula is C21H24ClN3O5S. The molecule has 0 aliphatic carbocycles. The van der Waals surface area contributed by atoms with Gasteiger partial charge in [-0.05, 0) is 49.2 Å². The number of hydrogen-bond acceptors (Lipinski definition) is 5. The van der Waals surface area contributed by atoms with Gasteiger partial charge in [-0.1, -0.05) is 29.8 Å². The first-order chi connectivity index (χ1) is 14.8. The summed E-state index contributed by atoms with van der Waals surface area (Å²) in [4.78, 5) is 26.5. The molecule has 2 N–H and O–H groups in total. The monoisotopic (exact) mass is 465 g/mol. The molecule has 2 amide bonds. The molecule has 8 nitrogen and oxygen atoms in total. The highest BCUT2D eigenvalue weighted by Crippen LogP contribution is 2.16. The molecule has 1 saturated heterocycles. The number of hydrogen-bond donors (Lipinski definition) is 2. The largest absolute Gasteiger partial charge is 0.376 e. The number of para-hydroxylation sites is 1. The van der Waals surface area contributed by atoms with E-state index in [-0.39, 0.29) is 23.5 Å². The zero-order chi connectivity index (χ0) is 22.3. The number of benzene rings is 2. The first kappa shape index (κ1) is 23.2. The fourth-order valence-electron chi connectivity index (χ4n) is 3.11. The second-order valence-electron chi connectivity index (χ2n) is 7.03. The zero-order valence-electron chi connectivity index (χ0n) is 16.8. The Bertz CT molecular complexity index is 993. The second kappa shape index (κ2) is 10.7. The minimum atomic E-state index is -3.91. The lowest BCUT2D eigenvalue weighted by atomic mass is 10.2. The van der Waals surface area contributed by atoms with Crippen LogP contribution in [-0.2, 0) is 24.3 Å². The molecule has 0 radical (unpaired) electrons. The summed E-state index contributed by atoms with van der Waals surface area (Å²) in [5.74, 6) is -0.913. The van der Waals surface area contributed by atoms with Gasteiger partial charge < -0.3 is 15.0 Å². The fourth-order valence-corrected chi connectivity index (χ4v) is 4.21. The molecule has 2 aromatic carbocycles. The summed E-state index contributed by atoms with van der Waals surface area (Å²) in [5.41, 5.74) is 0.491. The normalized spacial score (nSPS) is 16.1. The number of rotatable bonds is 9. The number of ether oxygens (including phenoxy) is 1. The molecule has 1 atom stereocenters. The van der Waals surface area contributed by atoms with Gasteiger partial charge in [-0.2, -0.15) is 0 Å².